The number of benzene rings is 1. The molecule has 1 aromatic heterocycles. The lowest BCUT2D eigenvalue weighted by Crippen LogP contribution is -2.46. The molecule has 0 bridgehead atoms. The van der Waals surface area contributed by atoms with Crippen molar-refractivity contribution in [2.75, 3.05) is 19.7 Å². The molecule has 2 aliphatic rings. The molecule has 5 nitrogen and oxygen atoms in total. The van der Waals surface area contributed by atoms with Crippen molar-refractivity contribution in [3.63, 3.8) is 0 Å². The number of aryl methyl sites for hydroxylation is 2. The summed E-state index contributed by atoms with van der Waals surface area (Å²) in [6.07, 6.45) is 2.88. The first-order chi connectivity index (χ1) is 12.1. The second-order valence-electron chi connectivity index (χ2n) is 7.27. The number of nitrogens with zero attached hydrogens (tertiary/aromatic N) is 3. The van der Waals surface area contributed by atoms with Crippen molar-refractivity contribution in [2.24, 2.45) is 5.92 Å². The Morgan fingerprint density at radius 3 is 2.92 bits per heavy atom. The summed E-state index contributed by atoms with van der Waals surface area (Å²) in [6, 6.07) is 10.4. The molecule has 2 atom stereocenters. The van der Waals surface area contributed by atoms with Crippen LogP contribution >= 0.6 is 0 Å². The van der Waals surface area contributed by atoms with Gasteiger partial charge >= 0.3 is 0 Å². The Morgan fingerprint density at radius 1 is 1.28 bits per heavy atom. The zero-order valence-electron chi connectivity index (χ0n) is 14.9. The zero-order valence-corrected chi connectivity index (χ0v) is 14.9. The molecule has 2 unspecified atom stereocenters. The summed E-state index contributed by atoms with van der Waals surface area (Å²) in [5.74, 6) is 1.07. The van der Waals surface area contributed by atoms with E-state index < -0.39 is 0 Å². The summed E-state index contributed by atoms with van der Waals surface area (Å²) in [4.78, 5) is 15.1. The van der Waals surface area contributed by atoms with E-state index in [0.717, 1.165) is 49.4 Å². The van der Waals surface area contributed by atoms with Crippen LogP contribution in [0.5, 0.6) is 5.75 Å². The summed E-state index contributed by atoms with van der Waals surface area (Å²) in [5, 5.41) is 4.62. The topological polar surface area (TPSA) is 47.4 Å². The Morgan fingerprint density at radius 2 is 2.12 bits per heavy atom. The molecule has 0 N–H and O–H groups in total. The number of carbonyl (C=O) groups is 1. The highest BCUT2D eigenvalue weighted by molar-refractivity contribution is 5.80. The van der Waals surface area contributed by atoms with E-state index in [1.807, 2.05) is 30.0 Å². The van der Waals surface area contributed by atoms with E-state index in [4.69, 9.17) is 4.74 Å². The number of carbonyl (C=O) groups excluding carboxylic acids is 1. The SMILES string of the molecule is Cc1cc(C)n(C2CCCN(C(=O)C3COc4ccccc4C3)C2)n1. The molecule has 0 saturated carbocycles. The Labute approximate surface area is 148 Å². The van der Waals surface area contributed by atoms with E-state index in [2.05, 4.69) is 28.8 Å². The van der Waals surface area contributed by atoms with Gasteiger partial charge in [-0.1, -0.05) is 18.2 Å². The summed E-state index contributed by atoms with van der Waals surface area (Å²) in [5.41, 5.74) is 3.35. The van der Waals surface area contributed by atoms with Crippen molar-refractivity contribution >= 4 is 5.91 Å². The Kier molecular flexibility index (Phi) is 4.24. The van der Waals surface area contributed by atoms with Crippen molar-refractivity contribution in [3.05, 3.63) is 47.3 Å². The minimum atomic E-state index is -0.0749. The average molecular weight is 339 g/mol. The molecule has 1 amide bonds. The smallest absolute Gasteiger partial charge is 0.229 e. The number of hydrogen-bond acceptors (Lipinski definition) is 3. The minimum absolute atomic E-state index is 0.0749. The number of ether oxygens (including phenoxy) is 1. The quantitative estimate of drug-likeness (QED) is 0.845. The third-order valence-corrected chi connectivity index (χ3v) is 5.33. The lowest BCUT2D eigenvalue weighted by molar-refractivity contribution is -0.138. The predicted molar refractivity (Wildman–Crippen MR) is 95.7 cm³/mol. The second kappa shape index (κ2) is 6.54. The van der Waals surface area contributed by atoms with Crippen molar-refractivity contribution in [3.8, 4) is 5.75 Å². The molecular formula is C20H25N3O2. The van der Waals surface area contributed by atoms with Gasteiger partial charge in [0, 0.05) is 18.8 Å². The van der Waals surface area contributed by atoms with Gasteiger partial charge < -0.3 is 9.64 Å². The molecule has 25 heavy (non-hydrogen) atoms. The number of likely N-dealkylation sites (tertiary alicyclic amines) is 1. The van der Waals surface area contributed by atoms with Crippen LogP contribution in [0.25, 0.3) is 0 Å². The Hall–Kier alpha value is -2.30. The number of amides is 1. The maximum Gasteiger partial charge on any atom is 0.229 e. The van der Waals surface area contributed by atoms with Gasteiger partial charge in [-0.15, -0.1) is 0 Å². The van der Waals surface area contributed by atoms with Gasteiger partial charge in [0.1, 0.15) is 12.4 Å². The Balaban J connectivity index is 1.46. The van der Waals surface area contributed by atoms with E-state index in [1.54, 1.807) is 0 Å². The lowest BCUT2D eigenvalue weighted by atomic mass is 9.94. The summed E-state index contributed by atoms with van der Waals surface area (Å²) < 4.78 is 7.92. The fourth-order valence-corrected chi connectivity index (χ4v) is 4.12. The Bertz CT molecular complexity index is 783. The van der Waals surface area contributed by atoms with E-state index in [9.17, 15) is 4.79 Å². The van der Waals surface area contributed by atoms with Crippen molar-refractivity contribution in [1.29, 1.82) is 0 Å². The van der Waals surface area contributed by atoms with Gasteiger partial charge in [0.15, 0.2) is 0 Å². The number of para-hydroxylation sites is 1. The highest BCUT2D eigenvalue weighted by Crippen LogP contribution is 2.30. The lowest BCUT2D eigenvalue weighted by Gasteiger charge is -2.36. The summed E-state index contributed by atoms with van der Waals surface area (Å²) in [7, 11) is 0. The second-order valence-corrected chi connectivity index (χ2v) is 7.27. The number of rotatable bonds is 2. The molecular weight excluding hydrogens is 314 g/mol. The molecule has 5 heteroatoms. The number of piperidine rings is 1. The van der Waals surface area contributed by atoms with E-state index in [0.29, 0.717) is 6.61 Å². The molecule has 1 fully saturated rings. The number of fused-ring (bicyclic) bond motifs is 1. The molecule has 4 rings (SSSR count). The van der Waals surface area contributed by atoms with Crippen LogP contribution in [0.3, 0.4) is 0 Å². The maximum atomic E-state index is 13.0. The molecule has 132 valence electrons. The van der Waals surface area contributed by atoms with Gasteiger partial charge in [-0.2, -0.15) is 5.10 Å². The van der Waals surface area contributed by atoms with Crippen LogP contribution in [-0.4, -0.2) is 40.3 Å². The van der Waals surface area contributed by atoms with Crippen LogP contribution in [0.15, 0.2) is 30.3 Å². The van der Waals surface area contributed by atoms with Gasteiger partial charge in [0.05, 0.1) is 17.7 Å². The maximum absolute atomic E-state index is 13.0. The highest BCUT2D eigenvalue weighted by Gasteiger charge is 2.33. The first-order valence-corrected chi connectivity index (χ1v) is 9.14. The first-order valence-electron chi connectivity index (χ1n) is 9.14. The van der Waals surface area contributed by atoms with Gasteiger partial charge in [-0.25, -0.2) is 0 Å². The van der Waals surface area contributed by atoms with Crippen molar-refractivity contribution < 1.29 is 9.53 Å². The summed E-state index contributed by atoms with van der Waals surface area (Å²) >= 11 is 0. The van der Waals surface area contributed by atoms with Crippen molar-refractivity contribution in [1.82, 2.24) is 14.7 Å². The fraction of sp³-hybridized carbons (Fsp3) is 0.500. The van der Waals surface area contributed by atoms with Crippen molar-refractivity contribution in [2.45, 2.75) is 39.2 Å². The zero-order chi connectivity index (χ0) is 17.4. The molecule has 2 aliphatic heterocycles. The monoisotopic (exact) mass is 339 g/mol. The van der Waals surface area contributed by atoms with Crippen LogP contribution in [0, 0.1) is 19.8 Å². The van der Waals surface area contributed by atoms with Crippen LogP contribution < -0.4 is 4.74 Å². The largest absolute Gasteiger partial charge is 0.492 e. The van der Waals surface area contributed by atoms with Crippen LogP contribution in [0.2, 0.25) is 0 Å². The van der Waals surface area contributed by atoms with Gasteiger partial charge in [-0.3, -0.25) is 9.48 Å². The highest BCUT2D eigenvalue weighted by atomic mass is 16.5. The molecule has 3 heterocycles. The number of aromatic nitrogens is 2. The third kappa shape index (κ3) is 3.15. The summed E-state index contributed by atoms with van der Waals surface area (Å²) in [6.45, 7) is 6.18. The number of hydrogen-bond donors (Lipinski definition) is 0. The van der Waals surface area contributed by atoms with Gasteiger partial charge in [0.25, 0.3) is 0 Å². The molecule has 0 aliphatic carbocycles. The molecule has 1 saturated heterocycles. The third-order valence-electron chi connectivity index (χ3n) is 5.33. The molecule has 0 radical (unpaired) electrons. The van der Waals surface area contributed by atoms with Crippen LogP contribution in [0.4, 0.5) is 0 Å². The van der Waals surface area contributed by atoms with Crippen LogP contribution in [0.1, 0.15) is 35.8 Å². The van der Waals surface area contributed by atoms with E-state index >= 15 is 0 Å². The standard InChI is InChI=1S/C20H25N3O2/c1-14-10-15(2)23(21-14)18-7-5-9-22(12-18)20(24)17-11-16-6-3-4-8-19(16)25-13-17/h3-4,6,8,10,17-18H,5,7,9,11-13H2,1-2H3. The van der Waals surface area contributed by atoms with Crippen LogP contribution in [-0.2, 0) is 11.2 Å². The van der Waals surface area contributed by atoms with Gasteiger partial charge in [-0.05, 0) is 50.8 Å². The first kappa shape index (κ1) is 16.2. The normalized spacial score (nSPS) is 23.0. The molecule has 2 aromatic rings. The minimum Gasteiger partial charge on any atom is -0.492 e. The molecule has 1 aromatic carbocycles. The van der Waals surface area contributed by atoms with E-state index in [1.165, 1.54) is 5.69 Å². The fourth-order valence-electron chi connectivity index (χ4n) is 4.12. The van der Waals surface area contributed by atoms with Gasteiger partial charge in [0.2, 0.25) is 5.91 Å². The average Bonchev–Trinajstić information content (AvgIpc) is 2.99. The predicted octanol–water partition coefficient (Wildman–Crippen LogP) is 2.91. The van der Waals surface area contributed by atoms with E-state index in [-0.39, 0.29) is 17.9 Å². The molecule has 0 spiro atoms.